The third-order valence-electron chi connectivity index (χ3n) is 5.46. The van der Waals surface area contributed by atoms with Crippen LogP contribution in [0.25, 0.3) is 0 Å². The Bertz CT molecular complexity index is 880. The SMILES string of the molecule is CCNC(=NCCCC(=O)N1Cc2ccccc2C1)N(C)CCOc1ccc(OC)cc1.I. The van der Waals surface area contributed by atoms with Gasteiger partial charge in [-0.1, -0.05) is 24.3 Å². The Hall–Kier alpha value is -2.49. The molecule has 0 fully saturated rings. The zero-order valence-corrected chi connectivity index (χ0v) is 22.1. The second-order valence-corrected chi connectivity index (χ2v) is 7.80. The van der Waals surface area contributed by atoms with E-state index < -0.39 is 0 Å². The number of guanidine groups is 1. The third-order valence-corrected chi connectivity index (χ3v) is 5.46. The molecule has 1 N–H and O–H groups in total. The first-order valence-electron chi connectivity index (χ1n) is 11.2. The molecule has 1 aliphatic rings. The van der Waals surface area contributed by atoms with Gasteiger partial charge in [0.25, 0.3) is 0 Å². The molecule has 7 nitrogen and oxygen atoms in total. The van der Waals surface area contributed by atoms with Crippen molar-refractivity contribution in [1.82, 2.24) is 15.1 Å². The molecule has 0 atom stereocenters. The van der Waals surface area contributed by atoms with E-state index >= 15 is 0 Å². The fraction of sp³-hybridized carbons (Fsp3) is 0.440. The molecule has 2 aromatic rings. The number of nitrogens with one attached hydrogen (secondary N) is 1. The van der Waals surface area contributed by atoms with Crippen LogP contribution in [-0.2, 0) is 17.9 Å². The molecule has 1 heterocycles. The highest BCUT2D eigenvalue weighted by molar-refractivity contribution is 14.0. The van der Waals surface area contributed by atoms with Gasteiger partial charge in [0.15, 0.2) is 5.96 Å². The highest BCUT2D eigenvalue weighted by Crippen LogP contribution is 2.23. The molecule has 0 radical (unpaired) electrons. The molecular formula is C25H35IN4O3. The number of ether oxygens (including phenoxy) is 2. The number of amides is 1. The van der Waals surface area contributed by atoms with E-state index in [0.29, 0.717) is 26.1 Å². The van der Waals surface area contributed by atoms with Crippen LogP contribution in [0, 0.1) is 0 Å². The van der Waals surface area contributed by atoms with E-state index in [9.17, 15) is 4.79 Å². The van der Waals surface area contributed by atoms with Crippen LogP contribution in [0.3, 0.4) is 0 Å². The number of benzene rings is 2. The van der Waals surface area contributed by atoms with Gasteiger partial charge in [-0.05, 0) is 48.7 Å². The number of aliphatic imine (C=N–C) groups is 1. The van der Waals surface area contributed by atoms with E-state index in [2.05, 4.69) is 22.4 Å². The summed E-state index contributed by atoms with van der Waals surface area (Å²) in [5, 5.41) is 3.31. The highest BCUT2D eigenvalue weighted by Gasteiger charge is 2.22. The van der Waals surface area contributed by atoms with E-state index in [-0.39, 0.29) is 29.9 Å². The Morgan fingerprint density at radius 3 is 2.33 bits per heavy atom. The predicted molar refractivity (Wildman–Crippen MR) is 142 cm³/mol. The summed E-state index contributed by atoms with van der Waals surface area (Å²) in [5.74, 6) is 2.64. The molecule has 0 spiro atoms. The van der Waals surface area contributed by atoms with Crippen molar-refractivity contribution in [2.75, 3.05) is 40.4 Å². The van der Waals surface area contributed by atoms with Gasteiger partial charge in [-0.2, -0.15) is 0 Å². The first-order chi connectivity index (χ1) is 15.6. The maximum atomic E-state index is 12.6. The molecule has 1 aliphatic heterocycles. The number of methoxy groups -OCH3 is 1. The number of likely N-dealkylation sites (N-methyl/N-ethyl adjacent to an activating group) is 1. The fourth-order valence-corrected chi connectivity index (χ4v) is 3.63. The minimum absolute atomic E-state index is 0. The Morgan fingerprint density at radius 1 is 1.09 bits per heavy atom. The van der Waals surface area contributed by atoms with E-state index in [1.807, 2.05) is 60.2 Å². The first-order valence-corrected chi connectivity index (χ1v) is 11.2. The summed E-state index contributed by atoms with van der Waals surface area (Å²) >= 11 is 0. The summed E-state index contributed by atoms with van der Waals surface area (Å²) in [5.41, 5.74) is 2.51. The molecule has 0 unspecified atom stereocenters. The Morgan fingerprint density at radius 2 is 1.73 bits per heavy atom. The Balaban J connectivity index is 0.00000385. The van der Waals surface area contributed by atoms with Crippen LogP contribution >= 0.6 is 24.0 Å². The second kappa shape index (κ2) is 13.9. The first kappa shape index (κ1) is 26.8. The lowest BCUT2D eigenvalue weighted by Crippen LogP contribution is -2.41. The number of fused-ring (bicyclic) bond motifs is 1. The van der Waals surface area contributed by atoms with Gasteiger partial charge in [0, 0.05) is 39.6 Å². The average molecular weight is 566 g/mol. The predicted octanol–water partition coefficient (Wildman–Crippen LogP) is 3.91. The molecular weight excluding hydrogens is 531 g/mol. The van der Waals surface area contributed by atoms with Gasteiger partial charge >= 0.3 is 0 Å². The van der Waals surface area contributed by atoms with Crippen molar-refractivity contribution in [3.63, 3.8) is 0 Å². The normalized spacial score (nSPS) is 12.6. The summed E-state index contributed by atoms with van der Waals surface area (Å²) in [6, 6.07) is 15.8. The van der Waals surface area contributed by atoms with Crippen LogP contribution in [0.2, 0.25) is 0 Å². The van der Waals surface area contributed by atoms with Crippen molar-refractivity contribution in [3.8, 4) is 11.5 Å². The van der Waals surface area contributed by atoms with Gasteiger partial charge in [0.1, 0.15) is 18.1 Å². The zero-order valence-electron chi connectivity index (χ0n) is 19.8. The van der Waals surface area contributed by atoms with Gasteiger partial charge < -0.3 is 24.6 Å². The van der Waals surface area contributed by atoms with E-state index in [0.717, 1.165) is 43.5 Å². The number of rotatable bonds is 10. The van der Waals surface area contributed by atoms with Crippen molar-refractivity contribution in [3.05, 3.63) is 59.7 Å². The van der Waals surface area contributed by atoms with E-state index in [1.165, 1.54) is 11.1 Å². The fourth-order valence-electron chi connectivity index (χ4n) is 3.63. The van der Waals surface area contributed by atoms with Gasteiger partial charge in [-0.3, -0.25) is 9.79 Å². The highest BCUT2D eigenvalue weighted by atomic mass is 127. The van der Waals surface area contributed by atoms with Crippen molar-refractivity contribution < 1.29 is 14.3 Å². The lowest BCUT2D eigenvalue weighted by Gasteiger charge is -2.22. The van der Waals surface area contributed by atoms with Gasteiger partial charge in [-0.25, -0.2) is 0 Å². The summed E-state index contributed by atoms with van der Waals surface area (Å²) in [4.78, 5) is 21.2. The van der Waals surface area contributed by atoms with Crippen molar-refractivity contribution in [2.45, 2.75) is 32.9 Å². The number of halogens is 1. The molecule has 33 heavy (non-hydrogen) atoms. The van der Waals surface area contributed by atoms with Crippen molar-refractivity contribution in [2.24, 2.45) is 4.99 Å². The van der Waals surface area contributed by atoms with Crippen LogP contribution in [0.4, 0.5) is 0 Å². The maximum Gasteiger partial charge on any atom is 0.223 e. The maximum absolute atomic E-state index is 12.6. The van der Waals surface area contributed by atoms with E-state index in [4.69, 9.17) is 9.47 Å². The number of hydrogen-bond donors (Lipinski definition) is 1. The van der Waals surface area contributed by atoms with Crippen LogP contribution in [0.5, 0.6) is 11.5 Å². The van der Waals surface area contributed by atoms with Gasteiger partial charge in [0.05, 0.1) is 13.7 Å². The monoisotopic (exact) mass is 566 g/mol. The van der Waals surface area contributed by atoms with Crippen LogP contribution in [0.15, 0.2) is 53.5 Å². The van der Waals surface area contributed by atoms with Crippen molar-refractivity contribution in [1.29, 1.82) is 0 Å². The lowest BCUT2D eigenvalue weighted by molar-refractivity contribution is -0.131. The molecule has 8 heteroatoms. The van der Waals surface area contributed by atoms with Crippen LogP contribution < -0.4 is 14.8 Å². The average Bonchev–Trinajstić information content (AvgIpc) is 3.26. The standard InChI is InChI=1S/C25H34N4O3.HI/c1-4-26-25(28(2)16-17-32-23-13-11-22(31-3)12-14-23)27-15-7-10-24(30)29-18-20-8-5-6-9-21(20)19-29;/h5-6,8-9,11-14H,4,7,10,15-19H2,1-3H3,(H,26,27);1H. The molecule has 0 aliphatic carbocycles. The van der Waals surface area contributed by atoms with E-state index in [1.54, 1.807) is 7.11 Å². The largest absolute Gasteiger partial charge is 0.497 e. The molecule has 180 valence electrons. The molecule has 1 amide bonds. The minimum atomic E-state index is 0. The number of nitrogens with zero attached hydrogens (tertiary/aromatic N) is 3. The Kier molecular flexibility index (Phi) is 11.3. The quantitative estimate of drug-likeness (QED) is 0.205. The lowest BCUT2D eigenvalue weighted by atomic mass is 10.1. The topological polar surface area (TPSA) is 66.4 Å². The smallest absolute Gasteiger partial charge is 0.223 e. The van der Waals surface area contributed by atoms with Gasteiger partial charge in [-0.15, -0.1) is 24.0 Å². The van der Waals surface area contributed by atoms with Gasteiger partial charge in [0.2, 0.25) is 5.91 Å². The summed E-state index contributed by atoms with van der Waals surface area (Å²) < 4.78 is 11.0. The zero-order chi connectivity index (χ0) is 22.8. The molecule has 0 saturated carbocycles. The molecule has 2 aromatic carbocycles. The molecule has 0 bridgehead atoms. The molecule has 0 aromatic heterocycles. The summed E-state index contributed by atoms with van der Waals surface area (Å²) in [7, 11) is 3.64. The second-order valence-electron chi connectivity index (χ2n) is 7.80. The number of carbonyl (C=O) groups excluding carboxylic acids is 1. The minimum Gasteiger partial charge on any atom is -0.497 e. The Labute approximate surface area is 214 Å². The summed E-state index contributed by atoms with van der Waals surface area (Å²) in [6.07, 6.45) is 1.25. The number of hydrogen-bond acceptors (Lipinski definition) is 4. The van der Waals surface area contributed by atoms with Crippen LogP contribution in [-0.4, -0.2) is 62.1 Å². The van der Waals surface area contributed by atoms with Crippen LogP contribution in [0.1, 0.15) is 30.9 Å². The molecule has 3 rings (SSSR count). The van der Waals surface area contributed by atoms with Crippen molar-refractivity contribution >= 4 is 35.8 Å². The molecule has 0 saturated heterocycles. The summed E-state index contributed by atoms with van der Waals surface area (Å²) in [6.45, 7) is 6.12. The third kappa shape index (κ3) is 8.10. The number of carbonyl (C=O) groups is 1.